The van der Waals surface area contributed by atoms with Gasteiger partial charge in [0, 0.05) is 16.8 Å². The highest BCUT2D eigenvalue weighted by Gasteiger charge is 2.30. The number of hydrogen-bond acceptors (Lipinski definition) is 6. The molecule has 0 aliphatic rings. The topological polar surface area (TPSA) is 92.2 Å². The quantitative estimate of drug-likeness (QED) is 0.295. The van der Waals surface area contributed by atoms with Gasteiger partial charge in [-0.25, -0.2) is 5.43 Å². The van der Waals surface area contributed by atoms with Crippen LogP contribution in [0.4, 0.5) is 24.5 Å². The number of phenolic OH excluding ortho intramolecular Hbond substituents is 1. The minimum absolute atomic E-state index is 0.0231. The van der Waals surface area contributed by atoms with Gasteiger partial charge in [0.05, 0.1) is 31.0 Å². The van der Waals surface area contributed by atoms with Crippen molar-refractivity contribution in [2.75, 3.05) is 19.5 Å². The minimum Gasteiger partial charge on any atom is -0.506 e. The zero-order valence-electron chi connectivity index (χ0n) is 17.9. The Labute approximate surface area is 197 Å². The summed E-state index contributed by atoms with van der Waals surface area (Å²) in [5, 5.41) is 16.2. The summed E-state index contributed by atoms with van der Waals surface area (Å²) in [6.07, 6.45) is -3.15. The molecule has 0 fully saturated rings. The highest BCUT2D eigenvalue weighted by atomic mass is 35.5. The number of carbonyl (C=O) groups is 1. The maximum absolute atomic E-state index is 13.0. The zero-order chi connectivity index (χ0) is 24.9. The van der Waals surface area contributed by atoms with Crippen molar-refractivity contribution in [3.05, 3.63) is 76.3 Å². The first-order valence-electron chi connectivity index (χ1n) is 9.64. The van der Waals surface area contributed by atoms with E-state index >= 15 is 0 Å². The second-order valence-corrected chi connectivity index (χ2v) is 7.28. The van der Waals surface area contributed by atoms with Crippen LogP contribution in [0.25, 0.3) is 0 Å². The second-order valence-electron chi connectivity index (χ2n) is 6.87. The molecule has 178 valence electrons. The van der Waals surface area contributed by atoms with Crippen molar-refractivity contribution in [3.63, 3.8) is 0 Å². The molecule has 0 saturated heterocycles. The number of aromatic hydroxyl groups is 1. The predicted molar refractivity (Wildman–Crippen MR) is 122 cm³/mol. The van der Waals surface area contributed by atoms with Gasteiger partial charge in [-0.2, -0.15) is 18.3 Å². The lowest BCUT2D eigenvalue weighted by Gasteiger charge is -2.17. The smallest absolute Gasteiger partial charge is 0.416 e. The van der Waals surface area contributed by atoms with E-state index in [4.69, 9.17) is 21.1 Å². The van der Waals surface area contributed by atoms with Gasteiger partial charge in [0.25, 0.3) is 5.91 Å². The molecule has 11 heteroatoms. The number of halogens is 4. The number of nitrogens with zero attached hydrogens (tertiary/aromatic N) is 1. The molecule has 7 nitrogen and oxygen atoms in total. The minimum atomic E-state index is -4.48. The lowest BCUT2D eigenvalue weighted by Crippen LogP contribution is -2.17. The fraction of sp³-hybridized carbons (Fsp3) is 0.130. The maximum Gasteiger partial charge on any atom is 0.416 e. The molecule has 34 heavy (non-hydrogen) atoms. The SMILES string of the molecule is COc1cc(C=NNC(=O)c2ccc(O)c(Cl)c2)cc(OC)c1Nc1cccc(C(F)(F)F)c1. The highest BCUT2D eigenvalue weighted by Crippen LogP contribution is 2.39. The number of carbonyl (C=O) groups excluding carboxylic acids is 1. The van der Waals surface area contributed by atoms with Crippen LogP contribution in [0.3, 0.4) is 0 Å². The molecule has 0 radical (unpaired) electrons. The number of alkyl halides is 3. The standard InChI is InChI=1S/C23H19ClF3N3O4/c1-33-19-8-13(12-28-30-22(32)14-6-7-18(31)17(24)10-14)9-20(34-2)21(19)29-16-5-3-4-15(11-16)23(25,26)27/h3-12,29,31H,1-2H3,(H,30,32). The molecule has 3 aromatic carbocycles. The molecule has 0 aliphatic carbocycles. The molecule has 0 heterocycles. The molecule has 0 aliphatic heterocycles. The van der Waals surface area contributed by atoms with Gasteiger partial charge in [0.1, 0.15) is 22.9 Å². The van der Waals surface area contributed by atoms with Gasteiger partial charge in [-0.15, -0.1) is 0 Å². The molecule has 3 rings (SSSR count). The van der Waals surface area contributed by atoms with E-state index in [0.29, 0.717) is 11.3 Å². The Bertz CT molecular complexity index is 1210. The largest absolute Gasteiger partial charge is 0.506 e. The molecule has 0 unspecified atom stereocenters. The Hall–Kier alpha value is -3.92. The third kappa shape index (κ3) is 5.90. The number of rotatable bonds is 7. The Morgan fingerprint density at radius 2 is 1.74 bits per heavy atom. The van der Waals surface area contributed by atoms with Crippen LogP contribution >= 0.6 is 11.6 Å². The molecular formula is C23H19ClF3N3O4. The van der Waals surface area contributed by atoms with Crippen LogP contribution in [0, 0.1) is 0 Å². The monoisotopic (exact) mass is 493 g/mol. The van der Waals surface area contributed by atoms with Crippen LogP contribution in [0.15, 0.2) is 59.7 Å². The van der Waals surface area contributed by atoms with Crippen molar-refractivity contribution in [1.82, 2.24) is 5.43 Å². The summed E-state index contributed by atoms with van der Waals surface area (Å²) in [6.45, 7) is 0. The van der Waals surface area contributed by atoms with Gasteiger partial charge < -0.3 is 19.9 Å². The number of methoxy groups -OCH3 is 2. The first-order chi connectivity index (χ1) is 16.1. The van der Waals surface area contributed by atoms with Crippen molar-refractivity contribution in [3.8, 4) is 17.2 Å². The molecule has 3 aromatic rings. The van der Waals surface area contributed by atoms with E-state index < -0.39 is 17.6 Å². The van der Waals surface area contributed by atoms with Gasteiger partial charge in [0.15, 0.2) is 0 Å². The van der Waals surface area contributed by atoms with E-state index in [2.05, 4.69) is 15.8 Å². The van der Waals surface area contributed by atoms with E-state index in [-0.39, 0.29) is 33.5 Å². The van der Waals surface area contributed by atoms with Crippen molar-refractivity contribution in [1.29, 1.82) is 0 Å². The molecule has 0 saturated carbocycles. The lowest BCUT2D eigenvalue weighted by molar-refractivity contribution is -0.137. The van der Waals surface area contributed by atoms with Crippen LogP contribution in [-0.2, 0) is 6.18 Å². The van der Waals surface area contributed by atoms with E-state index in [0.717, 1.165) is 12.1 Å². The molecule has 3 N–H and O–H groups in total. The summed E-state index contributed by atoms with van der Waals surface area (Å²) in [7, 11) is 2.78. The summed E-state index contributed by atoms with van der Waals surface area (Å²) < 4.78 is 49.8. The Balaban J connectivity index is 1.82. The zero-order valence-corrected chi connectivity index (χ0v) is 18.7. The van der Waals surface area contributed by atoms with Gasteiger partial charge in [-0.1, -0.05) is 17.7 Å². The van der Waals surface area contributed by atoms with E-state index in [1.54, 1.807) is 12.1 Å². The van der Waals surface area contributed by atoms with Crippen LogP contribution in [0.2, 0.25) is 5.02 Å². The second kappa shape index (κ2) is 10.3. The Morgan fingerprint density at radius 3 is 2.32 bits per heavy atom. The van der Waals surface area contributed by atoms with Crippen molar-refractivity contribution in [2.45, 2.75) is 6.18 Å². The number of amides is 1. The fourth-order valence-corrected chi connectivity index (χ4v) is 3.11. The van der Waals surface area contributed by atoms with Crippen LogP contribution < -0.4 is 20.2 Å². The summed E-state index contributed by atoms with van der Waals surface area (Å²) in [5.74, 6) is -0.163. The average Bonchev–Trinajstić information content (AvgIpc) is 2.80. The van der Waals surface area contributed by atoms with Crippen molar-refractivity contribution in [2.24, 2.45) is 5.10 Å². The van der Waals surface area contributed by atoms with Crippen LogP contribution in [-0.4, -0.2) is 31.4 Å². The normalized spacial score (nSPS) is 11.4. The summed E-state index contributed by atoms with van der Waals surface area (Å²) in [5.41, 5.74) is 2.70. The van der Waals surface area contributed by atoms with E-state index in [9.17, 15) is 23.1 Å². The Kier molecular flexibility index (Phi) is 7.52. The number of hydrogen-bond donors (Lipinski definition) is 3. The molecular weight excluding hydrogens is 475 g/mol. The predicted octanol–water partition coefficient (Wildman–Crippen LogP) is 5.59. The Morgan fingerprint density at radius 1 is 1.06 bits per heavy atom. The summed E-state index contributed by atoms with van der Waals surface area (Å²) in [6, 6.07) is 11.8. The van der Waals surface area contributed by atoms with Gasteiger partial charge in [0.2, 0.25) is 0 Å². The maximum atomic E-state index is 13.0. The van der Waals surface area contributed by atoms with Crippen molar-refractivity contribution >= 4 is 35.1 Å². The molecule has 1 amide bonds. The first-order valence-corrected chi connectivity index (χ1v) is 10.0. The van der Waals surface area contributed by atoms with Crippen molar-refractivity contribution < 1.29 is 32.5 Å². The third-order valence-electron chi connectivity index (χ3n) is 4.58. The van der Waals surface area contributed by atoms with Crippen LogP contribution in [0.1, 0.15) is 21.5 Å². The molecule has 0 aromatic heterocycles. The number of phenols is 1. The van der Waals surface area contributed by atoms with Crippen LogP contribution in [0.5, 0.6) is 17.2 Å². The first kappa shape index (κ1) is 24.7. The summed E-state index contributed by atoms with van der Waals surface area (Å²) in [4.78, 5) is 12.2. The molecule has 0 atom stereocenters. The number of ether oxygens (including phenoxy) is 2. The number of nitrogens with one attached hydrogen (secondary N) is 2. The number of benzene rings is 3. The highest BCUT2D eigenvalue weighted by molar-refractivity contribution is 6.32. The van der Waals surface area contributed by atoms with Gasteiger partial charge in [-0.05, 0) is 48.5 Å². The van der Waals surface area contributed by atoms with Gasteiger partial charge in [-0.3, -0.25) is 4.79 Å². The number of anilines is 2. The molecule has 0 spiro atoms. The van der Waals surface area contributed by atoms with E-state index in [1.807, 2.05) is 0 Å². The van der Waals surface area contributed by atoms with Gasteiger partial charge >= 0.3 is 6.18 Å². The average molecular weight is 494 g/mol. The van der Waals surface area contributed by atoms with E-state index in [1.165, 1.54) is 50.8 Å². The molecule has 0 bridgehead atoms. The number of hydrazone groups is 1. The lowest BCUT2D eigenvalue weighted by atomic mass is 10.1. The fourth-order valence-electron chi connectivity index (χ4n) is 2.93. The summed E-state index contributed by atoms with van der Waals surface area (Å²) >= 11 is 5.80. The third-order valence-corrected chi connectivity index (χ3v) is 4.88.